The second-order valence-corrected chi connectivity index (χ2v) is 10.5. The van der Waals surface area contributed by atoms with E-state index in [0.717, 1.165) is 45.1 Å². The van der Waals surface area contributed by atoms with Crippen molar-refractivity contribution in [2.24, 2.45) is 5.73 Å². The molecule has 204 valence electrons. The van der Waals surface area contributed by atoms with Gasteiger partial charge in [-0.3, -0.25) is 0 Å². The first-order valence-corrected chi connectivity index (χ1v) is 14.2. The summed E-state index contributed by atoms with van der Waals surface area (Å²) in [5.74, 6) is 0. The highest BCUT2D eigenvalue weighted by Crippen LogP contribution is 2.38. The normalized spacial score (nSPS) is 11.3. The van der Waals surface area contributed by atoms with Gasteiger partial charge < -0.3 is 20.5 Å². The van der Waals surface area contributed by atoms with Gasteiger partial charge in [0.15, 0.2) is 5.58 Å². The van der Waals surface area contributed by atoms with E-state index in [1.807, 2.05) is 48.5 Å². The van der Waals surface area contributed by atoms with Crippen molar-refractivity contribution in [1.29, 1.82) is 0 Å². The highest BCUT2D eigenvalue weighted by atomic mass is 16.3. The maximum Gasteiger partial charge on any atom is 0.159 e. The molecule has 0 atom stereocenters. The number of hydrogen-bond donors (Lipinski definition) is 2. The average molecular weight is 546 g/mol. The Morgan fingerprint density at radius 3 is 2.10 bits per heavy atom. The van der Waals surface area contributed by atoms with Crippen LogP contribution in [0, 0.1) is 0 Å². The smallest absolute Gasteiger partial charge is 0.159 e. The fraction of sp³-hybridized carbons (Fsp3) is 0.0526. The summed E-state index contributed by atoms with van der Waals surface area (Å²) in [6.45, 7) is 0.431. The van der Waals surface area contributed by atoms with E-state index >= 15 is 0 Å². The van der Waals surface area contributed by atoms with Crippen LogP contribution in [0.3, 0.4) is 0 Å². The SMILES string of the molecule is NCn1c2ccccc2c2ccc3c4ccccc4oc3c21.Nc1ccccc1Cc1cccc(-c2ccccc2)c1. The minimum atomic E-state index is 0.431. The molecule has 0 amide bonds. The fourth-order valence-corrected chi connectivity index (χ4v) is 5.91. The molecule has 4 heteroatoms. The van der Waals surface area contributed by atoms with Crippen LogP contribution >= 0.6 is 0 Å². The van der Waals surface area contributed by atoms with E-state index < -0.39 is 0 Å². The van der Waals surface area contributed by atoms with Gasteiger partial charge in [-0.05, 0) is 52.9 Å². The van der Waals surface area contributed by atoms with Crippen LogP contribution in [-0.2, 0) is 13.1 Å². The van der Waals surface area contributed by atoms with Crippen LogP contribution in [0.2, 0.25) is 0 Å². The first kappa shape index (κ1) is 25.6. The van der Waals surface area contributed by atoms with Crippen LogP contribution in [0.15, 0.2) is 144 Å². The number of fused-ring (bicyclic) bond motifs is 7. The van der Waals surface area contributed by atoms with Gasteiger partial charge in [-0.1, -0.05) is 115 Å². The number of furan rings is 1. The Morgan fingerprint density at radius 1 is 0.571 bits per heavy atom. The zero-order valence-corrected chi connectivity index (χ0v) is 23.2. The Balaban J connectivity index is 0.000000138. The van der Waals surface area contributed by atoms with E-state index in [4.69, 9.17) is 15.9 Å². The Bertz CT molecular complexity index is 2170. The summed E-state index contributed by atoms with van der Waals surface area (Å²) < 4.78 is 8.30. The molecule has 6 aromatic carbocycles. The summed E-state index contributed by atoms with van der Waals surface area (Å²) in [7, 11) is 0. The molecule has 0 unspecified atom stereocenters. The molecule has 2 aromatic heterocycles. The topological polar surface area (TPSA) is 70.1 Å². The molecule has 0 aliphatic heterocycles. The van der Waals surface area contributed by atoms with Gasteiger partial charge >= 0.3 is 0 Å². The molecule has 0 aliphatic carbocycles. The van der Waals surface area contributed by atoms with E-state index in [1.165, 1.54) is 33.0 Å². The number of hydrogen-bond acceptors (Lipinski definition) is 3. The summed E-state index contributed by atoms with van der Waals surface area (Å²) in [6.07, 6.45) is 0.868. The van der Waals surface area contributed by atoms with E-state index in [-0.39, 0.29) is 0 Å². The molecule has 0 saturated carbocycles. The Kier molecular flexibility index (Phi) is 6.67. The molecule has 8 rings (SSSR count). The third-order valence-corrected chi connectivity index (χ3v) is 7.94. The molecule has 4 N–H and O–H groups in total. The zero-order chi connectivity index (χ0) is 28.5. The first-order valence-electron chi connectivity index (χ1n) is 14.2. The molecule has 0 radical (unpaired) electrons. The van der Waals surface area contributed by atoms with Crippen molar-refractivity contribution in [2.75, 3.05) is 5.73 Å². The van der Waals surface area contributed by atoms with Gasteiger partial charge in [0.1, 0.15) is 5.58 Å². The van der Waals surface area contributed by atoms with Crippen LogP contribution in [-0.4, -0.2) is 4.57 Å². The van der Waals surface area contributed by atoms with Crippen LogP contribution in [0.1, 0.15) is 11.1 Å². The van der Waals surface area contributed by atoms with Crippen molar-refractivity contribution in [1.82, 2.24) is 4.57 Å². The van der Waals surface area contributed by atoms with Crippen molar-refractivity contribution in [3.05, 3.63) is 151 Å². The van der Waals surface area contributed by atoms with Crippen molar-refractivity contribution < 1.29 is 4.42 Å². The minimum absolute atomic E-state index is 0.431. The third-order valence-electron chi connectivity index (χ3n) is 7.94. The van der Waals surface area contributed by atoms with Crippen LogP contribution in [0.5, 0.6) is 0 Å². The lowest BCUT2D eigenvalue weighted by Crippen LogP contribution is -2.06. The molecule has 0 spiro atoms. The molecule has 0 aliphatic rings. The standard InChI is InChI=1S/C19H14N2O.C19H17N/c20-11-21-16-7-3-1-5-12(16)14-9-10-15-13-6-2-4-8-17(13)22-19(15)18(14)21;20-19-12-5-4-10-18(19)14-15-7-6-11-17(13-15)16-8-2-1-3-9-16/h1-10H,11,20H2;1-13H,14,20H2. The lowest BCUT2D eigenvalue weighted by molar-refractivity contribution is 0.667. The van der Waals surface area contributed by atoms with Gasteiger partial charge in [0.05, 0.1) is 17.7 Å². The summed E-state index contributed by atoms with van der Waals surface area (Å²) in [5.41, 5.74) is 21.9. The number of nitrogen functional groups attached to an aromatic ring is 1. The highest BCUT2D eigenvalue weighted by molar-refractivity contribution is 6.20. The largest absolute Gasteiger partial charge is 0.454 e. The van der Waals surface area contributed by atoms with Gasteiger partial charge in [0.25, 0.3) is 0 Å². The van der Waals surface area contributed by atoms with Crippen molar-refractivity contribution in [3.63, 3.8) is 0 Å². The molecule has 8 aromatic rings. The predicted octanol–water partition coefficient (Wildman–Crippen LogP) is 9.14. The summed E-state index contributed by atoms with van der Waals surface area (Å²) in [4.78, 5) is 0. The minimum Gasteiger partial charge on any atom is -0.454 e. The maximum atomic E-state index is 6.16. The number of benzene rings is 6. The quantitative estimate of drug-likeness (QED) is 0.217. The lowest BCUT2D eigenvalue weighted by atomic mass is 9.98. The van der Waals surface area contributed by atoms with Crippen LogP contribution < -0.4 is 11.5 Å². The molecule has 2 heterocycles. The monoisotopic (exact) mass is 545 g/mol. The fourth-order valence-electron chi connectivity index (χ4n) is 5.91. The van der Waals surface area contributed by atoms with E-state index in [2.05, 4.69) is 95.6 Å². The van der Waals surface area contributed by atoms with E-state index in [9.17, 15) is 0 Å². The van der Waals surface area contributed by atoms with Crippen LogP contribution in [0.25, 0.3) is 54.9 Å². The maximum absolute atomic E-state index is 6.16. The summed E-state index contributed by atoms with van der Waals surface area (Å²) in [6, 6.07) is 48.0. The average Bonchev–Trinajstić information content (AvgIpc) is 3.59. The molecule has 42 heavy (non-hydrogen) atoms. The molecular weight excluding hydrogens is 514 g/mol. The molecule has 4 nitrogen and oxygen atoms in total. The Labute approximate surface area is 244 Å². The Morgan fingerprint density at radius 2 is 1.26 bits per heavy atom. The van der Waals surface area contributed by atoms with E-state index in [0.29, 0.717) is 6.67 Å². The number of rotatable bonds is 4. The number of anilines is 1. The van der Waals surface area contributed by atoms with Crippen molar-refractivity contribution in [3.8, 4) is 11.1 Å². The van der Waals surface area contributed by atoms with Gasteiger partial charge in [-0.15, -0.1) is 0 Å². The first-order chi connectivity index (χ1) is 20.7. The van der Waals surface area contributed by atoms with Gasteiger partial charge in [0, 0.05) is 27.2 Å². The van der Waals surface area contributed by atoms with Gasteiger partial charge in [0.2, 0.25) is 0 Å². The molecule has 0 fully saturated rings. The number of aromatic nitrogens is 1. The van der Waals surface area contributed by atoms with Crippen LogP contribution in [0.4, 0.5) is 5.69 Å². The predicted molar refractivity (Wildman–Crippen MR) is 176 cm³/mol. The third kappa shape index (κ3) is 4.58. The Hall–Kier alpha value is -5.32. The number of nitrogens with two attached hydrogens (primary N) is 2. The summed E-state index contributed by atoms with van der Waals surface area (Å²) in [5, 5.41) is 4.69. The molecular formula is C38H31N3O. The zero-order valence-electron chi connectivity index (χ0n) is 23.2. The lowest BCUT2D eigenvalue weighted by Gasteiger charge is -2.08. The molecule has 0 bridgehead atoms. The second-order valence-electron chi connectivity index (χ2n) is 10.5. The van der Waals surface area contributed by atoms with E-state index in [1.54, 1.807) is 0 Å². The van der Waals surface area contributed by atoms with Crippen molar-refractivity contribution >= 4 is 49.4 Å². The number of para-hydroxylation sites is 3. The van der Waals surface area contributed by atoms with Gasteiger partial charge in [-0.25, -0.2) is 0 Å². The summed E-state index contributed by atoms with van der Waals surface area (Å²) >= 11 is 0. The second kappa shape index (κ2) is 10.9. The highest BCUT2D eigenvalue weighted by Gasteiger charge is 2.16. The molecule has 0 saturated heterocycles. The van der Waals surface area contributed by atoms with Gasteiger partial charge in [-0.2, -0.15) is 0 Å². The number of nitrogens with zero attached hydrogens (tertiary/aromatic N) is 1. The van der Waals surface area contributed by atoms with Crippen molar-refractivity contribution in [2.45, 2.75) is 13.1 Å².